The van der Waals surface area contributed by atoms with Gasteiger partial charge in [-0.15, -0.1) is 0 Å². The monoisotopic (exact) mass is 496 g/mol. The summed E-state index contributed by atoms with van der Waals surface area (Å²) in [7, 11) is 3.18. The van der Waals surface area contributed by atoms with Crippen molar-refractivity contribution >= 4 is 38.8 Å². The van der Waals surface area contributed by atoms with Crippen LogP contribution >= 0.6 is 15.9 Å². The maximum Gasteiger partial charge on any atom is 0.329 e. The van der Waals surface area contributed by atoms with E-state index in [4.69, 9.17) is 4.74 Å². The molecule has 10 heteroatoms. The van der Waals surface area contributed by atoms with Gasteiger partial charge in [0.15, 0.2) is 11.2 Å². The Kier molecular flexibility index (Phi) is 5.95. The normalized spacial score (nSPS) is 11.7. The molecule has 2 aromatic carbocycles. The summed E-state index contributed by atoms with van der Waals surface area (Å²) in [6.45, 7) is 2.22. The Bertz CT molecular complexity index is 1430. The number of rotatable bonds is 6. The largest absolute Gasteiger partial charge is 0.497 e. The van der Waals surface area contributed by atoms with Gasteiger partial charge in [0.1, 0.15) is 5.75 Å². The fourth-order valence-corrected chi connectivity index (χ4v) is 3.77. The molecule has 0 aliphatic carbocycles. The van der Waals surface area contributed by atoms with Crippen LogP contribution in [0, 0.1) is 0 Å². The van der Waals surface area contributed by atoms with Crippen molar-refractivity contribution in [3.05, 3.63) is 85.0 Å². The van der Waals surface area contributed by atoms with Gasteiger partial charge < -0.3 is 4.74 Å². The van der Waals surface area contributed by atoms with Crippen LogP contribution in [0.5, 0.6) is 5.75 Å². The van der Waals surface area contributed by atoms with Gasteiger partial charge in [0.05, 0.1) is 19.4 Å². The summed E-state index contributed by atoms with van der Waals surface area (Å²) in [5, 5.41) is 4.45. The number of benzene rings is 2. The number of hydrogen-bond acceptors (Lipinski definition) is 6. The van der Waals surface area contributed by atoms with Crippen molar-refractivity contribution in [1.82, 2.24) is 19.1 Å². The standard InChI is InChI=1S/C22H21BrN6O3/c1-13(15-7-9-17(32-3)10-8-15)26-27-21-24-19-18(20(30)25-22(31)28(19)2)29(21)12-14-5-4-6-16(23)11-14/h4-11H,12H2,1-3H3,(H,24,27)(H,25,30,31). The lowest BCUT2D eigenvalue weighted by atomic mass is 10.1. The summed E-state index contributed by atoms with van der Waals surface area (Å²) in [5.41, 5.74) is 5.06. The minimum atomic E-state index is -0.529. The molecule has 2 aromatic heterocycles. The first-order chi connectivity index (χ1) is 15.4. The first-order valence-electron chi connectivity index (χ1n) is 9.76. The Hall–Kier alpha value is -3.66. The molecule has 0 radical (unpaired) electrons. The highest BCUT2D eigenvalue weighted by molar-refractivity contribution is 9.10. The van der Waals surface area contributed by atoms with Crippen LogP contribution in [0.1, 0.15) is 18.1 Å². The number of methoxy groups -OCH3 is 1. The number of hydrazone groups is 1. The predicted molar refractivity (Wildman–Crippen MR) is 128 cm³/mol. The van der Waals surface area contributed by atoms with Crippen LogP contribution in [0.2, 0.25) is 0 Å². The van der Waals surface area contributed by atoms with Gasteiger partial charge in [0, 0.05) is 11.5 Å². The molecule has 2 N–H and O–H groups in total. The van der Waals surface area contributed by atoms with E-state index in [1.807, 2.05) is 55.5 Å². The molecule has 0 atom stereocenters. The third-order valence-electron chi connectivity index (χ3n) is 5.07. The topological polar surface area (TPSA) is 106 Å². The van der Waals surface area contributed by atoms with E-state index in [9.17, 15) is 9.59 Å². The third-order valence-corrected chi connectivity index (χ3v) is 5.56. The van der Waals surface area contributed by atoms with Gasteiger partial charge in [-0.05, 0) is 54.4 Å². The van der Waals surface area contributed by atoms with E-state index >= 15 is 0 Å². The van der Waals surface area contributed by atoms with Gasteiger partial charge in [-0.1, -0.05) is 28.1 Å². The Labute approximate surface area is 191 Å². The van der Waals surface area contributed by atoms with E-state index in [0.717, 1.165) is 27.1 Å². The molecule has 0 saturated heterocycles. The van der Waals surface area contributed by atoms with Gasteiger partial charge in [-0.2, -0.15) is 10.1 Å². The molecule has 4 rings (SSSR count). The van der Waals surface area contributed by atoms with E-state index in [0.29, 0.717) is 12.5 Å². The first kappa shape index (κ1) is 21.6. The van der Waals surface area contributed by atoms with Crippen LogP contribution in [0.4, 0.5) is 5.95 Å². The molecule has 2 heterocycles. The Morgan fingerprint density at radius 3 is 2.66 bits per heavy atom. The lowest BCUT2D eigenvalue weighted by Gasteiger charge is -2.09. The Morgan fingerprint density at radius 2 is 1.97 bits per heavy atom. The van der Waals surface area contributed by atoms with Gasteiger partial charge in [-0.25, -0.2) is 10.2 Å². The third kappa shape index (κ3) is 4.22. The quantitative estimate of drug-likeness (QED) is 0.315. The van der Waals surface area contributed by atoms with E-state index in [1.165, 1.54) is 4.57 Å². The number of hydrogen-bond donors (Lipinski definition) is 2. The second kappa shape index (κ2) is 8.83. The van der Waals surface area contributed by atoms with Gasteiger partial charge in [0.2, 0.25) is 5.95 Å². The van der Waals surface area contributed by atoms with Crippen LogP contribution < -0.4 is 21.4 Å². The van der Waals surface area contributed by atoms with E-state index in [1.54, 1.807) is 18.7 Å². The molecule has 4 aromatic rings. The van der Waals surface area contributed by atoms with Crippen molar-refractivity contribution in [2.75, 3.05) is 12.5 Å². The highest BCUT2D eigenvalue weighted by atomic mass is 79.9. The van der Waals surface area contributed by atoms with Gasteiger partial charge in [0.25, 0.3) is 5.56 Å². The fourth-order valence-electron chi connectivity index (χ4n) is 3.32. The zero-order chi connectivity index (χ0) is 22.8. The maximum atomic E-state index is 12.6. The lowest BCUT2D eigenvalue weighted by Crippen LogP contribution is -2.29. The van der Waals surface area contributed by atoms with Crippen LogP contribution in [0.15, 0.2) is 67.7 Å². The number of H-pyrrole nitrogens is 1. The average Bonchev–Trinajstić information content (AvgIpc) is 3.14. The number of fused-ring (bicyclic) bond motifs is 1. The average molecular weight is 497 g/mol. The Balaban J connectivity index is 1.78. The molecule has 0 fully saturated rings. The number of aromatic nitrogens is 4. The van der Waals surface area contributed by atoms with Crippen molar-refractivity contribution in [3.63, 3.8) is 0 Å². The SMILES string of the molecule is COc1ccc(C(C)=NNc2nc3c(c(=O)[nH]c(=O)n3C)n2Cc2cccc(Br)c2)cc1. The number of halogens is 1. The molecule has 0 spiro atoms. The molecular formula is C22H21BrN6O3. The molecule has 0 bridgehead atoms. The highest BCUT2D eigenvalue weighted by Gasteiger charge is 2.17. The van der Waals surface area contributed by atoms with E-state index in [-0.39, 0.29) is 11.2 Å². The second-order valence-corrected chi connectivity index (χ2v) is 8.10. The molecule has 0 aliphatic rings. The maximum absolute atomic E-state index is 12.6. The van der Waals surface area contributed by atoms with Crippen LogP contribution in [0.3, 0.4) is 0 Å². The van der Waals surface area contributed by atoms with Crippen LogP contribution in [-0.2, 0) is 13.6 Å². The molecule has 0 saturated carbocycles. The molecule has 164 valence electrons. The molecular weight excluding hydrogens is 476 g/mol. The van der Waals surface area contributed by atoms with Crippen LogP contribution in [-0.4, -0.2) is 31.9 Å². The fraction of sp³-hybridized carbons (Fsp3) is 0.182. The number of aryl methyl sites for hydroxylation is 1. The smallest absolute Gasteiger partial charge is 0.329 e. The molecule has 0 amide bonds. The zero-order valence-corrected chi connectivity index (χ0v) is 19.3. The summed E-state index contributed by atoms with van der Waals surface area (Å²) >= 11 is 3.47. The highest BCUT2D eigenvalue weighted by Crippen LogP contribution is 2.20. The molecule has 0 unspecified atom stereocenters. The van der Waals surface area contributed by atoms with Gasteiger partial charge in [-0.3, -0.25) is 18.9 Å². The Morgan fingerprint density at radius 1 is 1.22 bits per heavy atom. The molecule has 9 nitrogen and oxygen atoms in total. The summed E-state index contributed by atoms with van der Waals surface area (Å²) in [6.07, 6.45) is 0. The number of imidazole rings is 1. The lowest BCUT2D eigenvalue weighted by molar-refractivity contribution is 0.415. The number of anilines is 1. The molecule has 0 aliphatic heterocycles. The number of aromatic amines is 1. The number of nitrogens with one attached hydrogen (secondary N) is 2. The summed E-state index contributed by atoms with van der Waals surface area (Å²) < 4.78 is 9.13. The van der Waals surface area contributed by atoms with E-state index in [2.05, 4.69) is 36.4 Å². The van der Waals surface area contributed by atoms with Crippen molar-refractivity contribution in [1.29, 1.82) is 0 Å². The molecule has 32 heavy (non-hydrogen) atoms. The van der Waals surface area contributed by atoms with Gasteiger partial charge >= 0.3 is 5.69 Å². The van der Waals surface area contributed by atoms with Crippen molar-refractivity contribution in [2.24, 2.45) is 12.1 Å². The predicted octanol–water partition coefficient (Wildman–Crippen LogP) is 3.08. The number of nitrogens with zero attached hydrogens (tertiary/aromatic N) is 4. The minimum absolute atomic E-state index is 0.272. The summed E-state index contributed by atoms with van der Waals surface area (Å²) in [5.74, 6) is 1.10. The van der Waals surface area contributed by atoms with Crippen molar-refractivity contribution in [2.45, 2.75) is 13.5 Å². The summed E-state index contributed by atoms with van der Waals surface area (Å²) in [4.78, 5) is 31.6. The second-order valence-electron chi connectivity index (χ2n) is 7.18. The van der Waals surface area contributed by atoms with Crippen molar-refractivity contribution in [3.8, 4) is 5.75 Å². The van der Waals surface area contributed by atoms with Crippen molar-refractivity contribution < 1.29 is 4.74 Å². The van der Waals surface area contributed by atoms with Crippen LogP contribution in [0.25, 0.3) is 11.2 Å². The minimum Gasteiger partial charge on any atom is -0.497 e. The number of ether oxygens (including phenoxy) is 1. The van der Waals surface area contributed by atoms with E-state index < -0.39 is 11.2 Å². The zero-order valence-electron chi connectivity index (χ0n) is 17.7. The summed E-state index contributed by atoms with van der Waals surface area (Å²) in [6, 6.07) is 15.3. The first-order valence-corrected chi connectivity index (χ1v) is 10.6.